The summed E-state index contributed by atoms with van der Waals surface area (Å²) in [6.45, 7) is 0.403. The number of carbonyl (C=O) groups is 2. The molecule has 0 unspecified atom stereocenters. The lowest BCUT2D eigenvalue weighted by atomic mass is 10.4. The highest BCUT2D eigenvalue weighted by Crippen LogP contribution is 2.14. The molecule has 0 atom stereocenters. The van der Waals surface area contributed by atoms with Gasteiger partial charge in [0.05, 0.1) is 52.5 Å². The molecule has 11 heteroatoms. The van der Waals surface area contributed by atoms with Crippen molar-refractivity contribution in [1.29, 1.82) is 0 Å². The number of carbonyl (C=O) groups excluding carboxylic acids is 2. The molecule has 138 valence electrons. The van der Waals surface area contributed by atoms with Gasteiger partial charge in [0.15, 0.2) is 5.76 Å². The van der Waals surface area contributed by atoms with Crippen molar-refractivity contribution in [2.45, 2.75) is 6.42 Å². The highest BCUT2D eigenvalue weighted by molar-refractivity contribution is 5.82. The zero-order chi connectivity index (χ0) is 19.0. The molecule has 0 aliphatic heterocycles. The molecule has 0 aliphatic carbocycles. The maximum absolute atomic E-state index is 12.0. The first-order valence-electron chi connectivity index (χ1n) is 7.42. The molecule has 0 bridgehead atoms. The molecule has 0 aromatic carbocycles. The molecule has 0 fully saturated rings. The fraction of sp³-hybridized carbons (Fsp3) is 0.500. The van der Waals surface area contributed by atoms with Crippen LogP contribution in [0.5, 0.6) is 0 Å². The highest BCUT2D eigenvalue weighted by Gasteiger charge is 2.14. The average Bonchev–Trinajstić information content (AvgIpc) is 2.95. The standard InChI is InChI=1S/C14H21N5O6/c1-19(2,3)8-4-7-15-14(22)17(10-13(20)21)16-9-11-5-6-12(25-11)18(23)24/h5-6,9H,4,7-8,10H2,1-3H3,(H-,15,20,21,22)/b16-9-. The molecule has 2 amide bonds. The van der Waals surface area contributed by atoms with E-state index in [1.807, 2.05) is 21.1 Å². The van der Waals surface area contributed by atoms with E-state index in [-0.39, 0.29) is 5.76 Å². The maximum atomic E-state index is 12.0. The van der Waals surface area contributed by atoms with E-state index in [4.69, 9.17) is 4.42 Å². The summed E-state index contributed by atoms with van der Waals surface area (Å²) < 4.78 is 5.57. The van der Waals surface area contributed by atoms with Crippen molar-refractivity contribution < 1.29 is 28.5 Å². The molecule has 1 heterocycles. The fourth-order valence-corrected chi connectivity index (χ4v) is 1.76. The van der Waals surface area contributed by atoms with E-state index in [0.717, 1.165) is 23.3 Å². The number of aliphatic carboxylic acids is 1. The molecule has 0 spiro atoms. The number of furan rings is 1. The summed E-state index contributed by atoms with van der Waals surface area (Å²) in [5, 5.41) is 28.2. The zero-order valence-electron chi connectivity index (χ0n) is 14.3. The Labute approximate surface area is 144 Å². The first-order valence-corrected chi connectivity index (χ1v) is 7.42. The number of quaternary nitrogens is 1. The number of nitrogens with one attached hydrogen (secondary N) is 1. The molecular formula is C14H21N5O6. The van der Waals surface area contributed by atoms with Crippen LogP contribution in [-0.4, -0.2) is 73.4 Å². The van der Waals surface area contributed by atoms with Crippen LogP contribution in [0.3, 0.4) is 0 Å². The predicted molar refractivity (Wildman–Crippen MR) is 85.6 cm³/mol. The van der Waals surface area contributed by atoms with Gasteiger partial charge in [0, 0.05) is 13.0 Å². The van der Waals surface area contributed by atoms with Gasteiger partial charge in [-0.2, -0.15) is 5.10 Å². The van der Waals surface area contributed by atoms with Crippen molar-refractivity contribution in [1.82, 2.24) is 10.3 Å². The zero-order valence-corrected chi connectivity index (χ0v) is 14.3. The minimum absolute atomic E-state index is 0.00730. The maximum Gasteiger partial charge on any atom is 0.433 e. The molecule has 1 aromatic rings. The summed E-state index contributed by atoms with van der Waals surface area (Å²) in [6.07, 6.45) is 1.71. The van der Waals surface area contributed by atoms with Gasteiger partial charge in [-0.3, -0.25) is 10.1 Å². The van der Waals surface area contributed by atoms with E-state index in [0.29, 0.717) is 18.0 Å². The Hall–Kier alpha value is -2.95. The predicted octanol–water partition coefficient (Wildman–Crippen LogP) is -0.620. The van der Waals surface area contributed by atoms with Crippen molar-refractivity contribution in [2.24, 2.45) is 5.10 Å². The quantitative estimate of drug-likeness (QED) is 0.206. The van der Waals surface area contributed by atoms with E-state index in [1.54, 1.807) is 0 Å². The van der Waals surface area contributed by atoms with Gasteiger partial charge >= 0.3 is 11.9 Å². The number of carboxylic acid groups (broad SMARTS) is 1. The molecule has 25 heavy (non-hydrogen) atoms. The van der Waals surface area contributed by atoms with E-state index in [2.05, 4.69) is 10.4 Å². The second kappa shape index (κ2) is 8.78. The summed E-state index contributed by atoms with van der Waals surface area (Å²) in [5.41, 5.74) is 0. The molecule has 1 rings (SSSR count). The minimum Gasteiger partial charge on any atom is -0.548 e. The smallest absolute Gasteiger partial charge is 0.433 e. The molecule has 0 aliphatic rings. The largest absolute Gasteiger partial charge is 0.548 e. The molecule has 0 radical (unpaired) electrons. The van der Waals surface area contributed by atoms with Gasteiger partial charge in [0.25, 0.3) is 0 Å². The van der Waals surface area contributed by atoms with Crippen LogP contribution >= 0.6 is 0 Å². The Balaban J connectivity index is 2.65. The van der Waals surface area contributed by atoms with Gasteiger partial charge in [0.1, 0.15) is 4.92 Å². The Bertz CT molecular complexity index is 648. The number of hydrogen-bond acceptors (Lipinski definition) is 7. The Morgan fingerprint density at radius 1 is 1.40 bits per heavy atom. The average molecular weight is 355 g/mol. The van der Waals surface area contributed by atoms with Gasteiger partial charge < -0.3 is 24.1 Å². The number of urea groups is 1. The third kappa shape index (κ3) is 7.92. The van der Waals surface area contributed by atoms with Crippen molar-refractivity contribution in [2.75, 3.05) is 40.8 Å². The topological polar surface area (TPSA) is 141 Å². The third-order valence-electron chi connectivity index (χ3n) is 2.91. The summed E-state index contributed by atoms with van der Waals surface area (Å²) in [6, 6.07) is 1.68. The minimum atomic E-state index is -1.50. The second-order valence-electron chi connectivity index (χ2n) is 6.21. The lowest BCUT2D eigenvalue weighted by Gasteiger charge is -2.24. The Morgan fingerprint density at radius 2 is 2.08 bits per heavy atom. The Morgan fingerprint density at radius 3 is 2.60 bits per heavy atom. The summed E-state index contributed by atoms with van der Waals surface area (Å²) in [4.78, 5) is 32.6. The number of amides is 2. The number of nitro groups is 1. The van der Waals surface area contributed by atoms with Crippen LogP contribution in [0.15, 0.2) is 21.7 Å². The summed E-state index contributed by atoms with van der Waals surface area (Å²) >= 11 is 0. The van der Waals surface area contributed by atoms with Crippen LogP contribution in [0.4, 0.5) is 10.7 Å². The van der Waals surface area contributed by atoms with Crippen LogP contribution in [0, 0.1) is 10.1 Å². The van der Waals surface area contributed by atoms with Crippen LogP contribution in [0.1, 0.15) is 12.2 Å². The van der Waals surface area contributed by atoms with Crippen molar-refractivity contribution >= 4 is 24.1 Å². The van der Waals surface area contributed by atoms with Crippen molar-refractivity contribution in [3.05, 3.63) is 28.0 Å². The highest BCUT2D eigenvalue weighted by atomic mass is 16.6. The monoisotopic (exact) mass is 355 g/mol. The van der Waals surface area contributed by atoms with Gasteiger partial charge in [-0.15, -0.1) is 0 Å². The fourth-order valence-electron chi connectivity index (χ4n) is 1.76. The second-order valence-corrected chi connectivity index (χ2v) is 6.21. The van der Waals surface area contributed by atoms with Gasteiger partial charge in [-0.1, -0.05) is 0 Å². The van der Waals surface area contributed by atoms with Gasteiger partial charge in [-0.05, 0) is 6.07 Å². The number of hydrazone groups is 1. The number of rotatable bonds is 9. The molecule has 1 aromatic heterocycles. The molecule has 0 saturated carbocycles. The van der Waals surface area contributed by atoms with E-state index in [1.165, 1.54) is 6.07 Å². The third-order valence-corrected chi connectivity index (χ3v) is 2.91. The lowest BCUT2D eigenvalue weighted by Crippen LogP contribution is -2.44. The molecule has 1 N–H and O–H groups in total. The van der Waals surface area contributed by atoms with Crippen LogP contribution in [0.2, 0.25) is 0 Å². The summed E-state index contributed by atoms with van der Waals surface area (Å²) in [5.74, 6) is -1.98. The van der Waals surface area contributed by atoms with E-state index >= 15 is 0 Å². The van der Waals surface area contributed by atoms with Crippen molar-refractivity contribution in [3.8, 4) is 0 Å². The first kappa shape index (κ1) is 20.1. The van der Waals surface area contributed by atoms with E-state index < -0.39 is 29.4 Å². The summed E-state index contributed by atoms with van der Waals surface area (Å²) in [7, 11) is 6.03. The van der Waals surface area contributed by atoms with Crippen LogP contribution in [0.25, 0.3) is 0 Å². The molecule has 0 saturated heterocycles. The van der Waals surface area contributed by atoms with Crippen LogP contribution < -0.4 is 10.4 Å². The number of nitrogens with zero attached hydrogens (tertiary/aromatic N) is 4. The number of carboxylic acids is 1. The van der Waals surface area contributed by atoms with Gasteiger partial charge in [-0.25, -0.2) is 9.80 Å². The van der Waals surface area contributed by atoms with Crippen LogP contribution in [-0.2, 0) is 4.79 Å². The van der Waals surface area contributed by atoms with E-state index in [9.17, 15) is 24.8 Å². The number of hydrogen-bond donors (Lipinski definition) is 1. The molecular weight excluding hydrogens is 334 g/mol. The van der Waals surface area contributed by atoms with Gasteiger partial charge in [0.2, 0.25) is 0 Å². The lowest BCUT2D eigenvalue weighted by molar-refractivity contribution is -0.870. The van der Waals surface area contributed by atoms with Crippen molar-refractivity contribution in [3.63, 3.8) is 0 Å². The first-order chi connectivity index (χ1) is 11.6. The SMILES string of the molecule is C[N+](C)(C)CCCNC(=O)N(CC(=O)[O-])/N=C\c1ccc([N+](=O)[O-])o1. The normalized spacial score (nSPS) is 11.5. The molecule has 11 nitrogen and oxygen atoms in total. The Kier molecular flexibility index (Phi) is 7.06.